The number of aromatic nitrogens is 2. The molecule has 1 unspecified atom stereocenters. The van der Waals surface area contributed by atoms with Crippen LogP contribution in [0.15, 0.2) is 12.4 Å². The fraction of sp³-hybridized carbons (Fsp3) is 0.600. The first-order valence-corrected chi connectivity index (χ1v) is 5.10. The van der Waals surface area contributed by atoms with Gasteiger partial charge in [0.05, 0.1) is 6.61 Å². The van der Waals surface area contributed by atoms with Gasteiger partial charge < -0.3 is 15.0 Å². The molecule has 5 nitrogen and oxygen atoms in total. The van der Waals surface area contributed by atoms with E-state index in [-0.39, 0.29) is 5.78 Å². The van der Waals surface area contributed by atoms with Gasteiger partial charge in [-0.3, -0.25) is 4.79 Å². The Bertz CT molecular complexity index is 366. The maximum absolute atomic E-state index is 12.1. The van der Waals surface area contributed by atoms with E-state index in [1.54, 1.807) is 17.0 Å². The Morgan fingerprint density at radius 3 is 3.20 bits per heavy atom. The van der Waals surface area contributed by atoms with Crippen molar-refractivity contribution in [3.8, 4) is 0 Å². The average Bonchev–Trinajstić information content (AvgIpc) is 2.85. The highest BCUT2D eigenvalue weighted by Crippen LogP contribution is 2.20. The summed E-state index contributed by atoms with van der Waals surface area (Å²) in [6.07, 6.45) is 3.98. The number of nitrogens with two attached hydrogens (primary N) is 1. The topological polar surface area (TPSA) is 70.1 Å². The lowest BCUT2D eigenvalue weighted by Crippen LogP contribution is -2.49. The van der Waals surface area contributed by atoms with E-state index in [0.717, 1.165) is 6.54 Å². The van der Waals surface area contributed by atoms with Gasteiger partial charge in [-0.1, -0.05) is 0 Å². The normalized spacial score (nSPS) is 25.7. The first kappa shape index (κ1) is 10.3. The summed E-state index contributed by atoms with van der Waals surface area (Å²) in [6.45, 7) is 3.53. The molecule has 15 heavy (non-hydrogen) atoms. The molecule has 0 spiro atoms. The number of nitrogens with zero attached hydrogens (tertiary/aromatic N) is 2. The van der Waals surface area contributed by atoms with Crippen molar-refractivity contribution in [1.29, 1.82) is 0 Å². The molecule has 1 saturated heterocycles. The van der Waals surface area contributed by atoms with Gasteiger partial charge in [-0.2, -0.15) is 0 Å². The van der Waals surface area contributed by atoms with Crippen molar-refractivity contribution in [2.75, 3.05) is 13.2 Å². The van der Waals surface area contributed by atoms with Crippen LogP contribution in [-0.4, -0.2) is 34.1 Å². The summed E-state index contributed by atoms with van der Waals surface area (Å²) in [6, 6.07) is 0. The highest BCUT2D eigenvalue weighted by molar-refractivity contribution is 6.00. The third-order valence-corrected chi connectivity index (χ3v) is 2.76. The van der Waals surface area contributed by atoms with E-state index in [0.29, 0.717) is 25.5 Å². The Morgan fingerprint density at radius 1 is 1.80 bits per heavy atom. The van der Waals surface area contributed by atoms with Crippen LogP contribution in [0.1, 0.15) is 24.0 Å². The van der Waals surface area contributed by atoms with Crippen LogP contribution >= 0.6 is 0 Å². The number of carbonyl (C=O) groups excluding carboxylic acids is 1. The molecule has 5 heteroatoms. The largest absolute Gasteiger partial charge is 0.379 e. The Balaban J connectivity index is 2.27. The third-order valence-electron chi connectivity index (χ3n) is 2.76. The molecule has 1 aliphatic rings. The van der Waals surface area contributed by atoms with Crippen molar-refractivity contribution in [1.82, 2.24) is 9.55 Å². The Morgan fingerprint density at radius 2 is 2.60 bits per heavy atom. The number of hydrogen-bond acceptors (Lipinski definition) is 4. The summed E-state index contributed by atoms with van der Waals surface area (Å²) in [5, 5.41) is 0. The summed E-state index contributed by atoms with van der Waals surface area (Å²) in [5.74, 6) is 0.317. The van der Waals surface area contributed by atoms with E-state index in [9.17, 15) is 4.79 Å². The van der Waals surface area contributed by atoms with Crippen LogP contribution in [0.5, 0.6) is 0 Å². The second kappa shape index (κ2) is 3.75. The van der Waals surface area contributed by atoms with Gasteiger partial charge in [-0.15, -0.1) is 0 Å². The average molecular weight is 209 g/mol. The van der Waals surface area contributed by atoms with Crippen molar-refractivity contribution >= 4 is 5.78 Å². The maximum Gasteiger partial charge on any atom is 0.220 e. The van der Waals surface area contributed by atoms with E-state index in [4.69, 9.17) is 10.5 Å². The number of imidazole rings is 1. The molecule has 0 aliphatic carbocycles. The van der Waals surface area contributed by atoms with E-state index in [2.05, 4.69) is 4.98 Å². The first-order valence-electron chi connectivity index (χ1n) is 5.10. The summed E-state index contributed by atoms with van der Waals surface area (Å²) < 4.78 is 6.97. The number of Topliss-reactive ketones (excluding diaryl/α,β-unsaturated/α-hetero) is 1. The van der Waals surface area contributed by atoms with E-state index in [1.165, 1.54) is 0 Å². The molecular weight excluding hydrogens is 194 g/mol. The Labute approximate surface area is 88.2 Å². The summed E-state index contributed by atoms with van der Waals surface area (Å²) in [5.41, 5.74) is 5.11. The maximum atomic E-state index is 12.1. The molecule has 0 radical (unpaired) electrons. The van der Waals surface area contributed by atoms with Gasteiger partial charge >= 0.3 is 0 Å². The predicted octanol–water partition coefficient (Wildman–Crippen LogP) is 0.203. The lowest BCUT2D eigenvalue weighted by molar-refractivity contribution is 0.0848. The second-order valence-electron chi connectivity index (χ2n) is 3.82. The van der Waals surface area contributed by atoms with Gasteiger partial charge in [-0.05, 0) is 13.3 Å². The molecule has 2 rings (SSSR count). The molecule has 0 saturated carbocycles. The molecule has 1 aromatic heterocycles. The van der Waals surface area contributed by atoms with Crippen molar-refractivity contribution in [2.24, 2.45) is 5.73 Å². The molecule has 0 amide bonds. The van der Waals surface area contributed by atoms with Crippen molar-refractivity contribution in [3.63, 3.8) is 0 Å². The lowest BCUT2D eigenvalue weighted by atomic mass is 9.94. The van der Waals surface area contributed by atoms with Gasteiger partial charge in [0.1, 0.15) is 5.54 Å². The van der Waals surface area contributed by atoms with Gasteiger partial charge in [0.15, 0.2) is 5.82 Å². The van der Waals surface area contributed by atoms with E-state index < -0.39 is 5.54 Å². The number of rotatable bonds is 3. The second-order valence-corrected chi connectivity index (χ2v) is 3.82. The van der Waals surface area contributed by atoms with Crippen LogP contribution in [0, 0.1) is 0 Å². The number of hydrogen-bond donors (Lipinski definition) is 1. The van der Waals surface area contributed by atoms with Crippen LogP contribution in [0.2, 0.25) is 0 Å². The van der Waals surface area contributed by atoms with Crippen LogP contribution in [0.3, 0.4) is 0 Å². The lowest BCUT2D eigenvalue weighted by Gasteiger charge is -2.19. The zero-order chi connectivity index (χ0) is 10.9. The monoisotopic (exact) mass is 209 g/mol. The van der Waals surface area contributed by atoms with Gasteiger partial charge in [0.25, 0.3) is 0 Å². The van der Waals surface area contributed by atoms with Gasteiger partial charge in [-0.25, -0.2) is 4.98 Å². The summed E-state index contributed by atoms with van der Waals surface area (Å²) in [7, 11) is 0. The molecule has 82 valence electrons. The molecule has 1 aliphatic heterocycles. The molecular formula is C10H15N3O2. The first-order chi connectivity index (χ1) is 7.17. The van der Waals surface area contributed by atoms with Gasteiger partial charge in [0.2, 0.25) is 5.78 Å². The van der Waals surface area contributed by atoms with E-state index in [1.807, 2.05) is 6.92 Å². The van der Waals surface area contributed by atoms with Crippen molar-refractivity contribution in [3.05, 3.63) is 18.2 Å². The van der Waals surface area contributed by atoms with Crippen molar-refractivity contribution in [2.45, 2.75) is 25.4 Å². The SMILES string of the molecule is CCn1ccnc1C(=O)C1(N)CCOC1. The zero-order valence-electron chi connectivity index (χ0n) is 8.77. The third kappa shape index (κ3) is 1.68. The molecule has 0 aromatic carbocycles. The molecule has 2 heterocycles. The number of aryl methyl sites for hydroxylation is 1. The van der Waals surface area contributed by atoms with Crippen LogP contribution in [0.4, 0.5) is 0 Å². The zero-order valence-corrected chi connectivity index (χ0v) is 8.77. The number of ether oxygens (including phenoxy) is 1. The minimum Gasteiger partial charge on any atom is -0.379 e. The minimum absolute atomic E-state index is 0.119. The van der Waals surface area contributed by atoms with Crippen molar-refractivity contribution < 1.29 is 9.53 Å². The van der Waals surface area contributed by atoms with E-state index >= 15 is 0 Å². The van der Waals surface area contributed by atoms with Crippen LogP contribution in [0.25, 0.3) is 0 Å². The molecule has 1 atom stereocenters. The molecule has 1 fully saturated rings. The molecule has 1 aromatic rings. The minimum atomic E-state index is -0.877. The quantitative estimate of drug-likeness (QED) is 0.722. The highest BCUT2D eigenvalue weighted by Gasteiger charge is 2.40. The summed E-state index contributed by atoms with van der Waals surface area (Å²) >= 11 is 0. The number of carbonyl (C=O) groups is 1. The fourth-order valence-corrected chi connectivity index (χ4v) is 1.76. The number of ketones is 1. The smallest absolute Gasteiger partial charge is 0.220 e. The Kier molecular flexibility index (Phi) is 2.58. The highest BCUT2D eigenvalue weighted by atomic mass is 16.5. The predicted molar refractivity (Wildman–Crippen MR) is 54.6 cm³/mol. The van der Waals surface area contributed by atoms with Gasteiger partial charge in [0, 0.05) is 25.5 Å². The van der Waals surface area contributed by atoms with Crippen LogP contribution in [-0.2, 0) is 11.3 Å². The Hall–Kier alpha value is -1.20. The molecule has 2 N–H and O–H groups in total. The van der Waals surface area contributed by atoms with Crippen LogP contribution < -0.4 is 5.73 Å². The molecule has 0 bridgehead atoms. The standard InChI is InChI=1S/C10H15N3O2/c1-2-13-5-4-12-9(13)8(14)10(11)3-6-15-7-10/h4-5H,2-3,6-7,11H2,1H3. The fourth-order valence-electron chi connectivity index (χ4n) is 1.76. The summed E-state index contributed by atoms with van der Waals surface area (Å²) in [4.78, 5) is 16.2.